The number of rotatable bonds is 10. The molecule has 1 atom stereocenters. The number of carbonyl (C=O) groups excluding carboxylic acids is 1. The molecule has 0 unspecified atom stereocenters. The van der Waals surface area contributed by atoms with Crippen molar-refractivity contribution in [2.75, 3.05) is 7.05 Å². The Bertz CT molecular complexity index is 456. The maximum absolute atomic E-state index is 11.4. The minimum absolute atomic E-state index is 0. The molecule has 0 aliphatic heterocycles. The molecular weight excluding hydrogens is 273 g/mol. The largest absolute Gasteiger partial charge is 1.00 e. The van der Waals surface area contributed by atoms with Crippen LogP contribution in [0.2, 0.25) is 0 Å². The predicted octanol–water partition coefficient (Wildman–Crippen LogP) is 0.228. The van der Waals surface area contributed by atoms with Gasteiger partial charge in [0, 0.05) is 13.0 Å². The normalized spacial score (nSPS) is 11.8. The molecule has 0 spiro atoms. The van der Waals surface area contributed by atoms with Crippen LogP contribution in [0.4, 0.5) is 0 Å². The van der Waals surface area contributed by atoms with Crippen molar-refractivity contribution in [2.24, 2.45) is 0 Å². The number of ketones is 1. The van der Waals surface area contributed by atoms with E-state index in [1.807, 2.05) is 42.3 Å². The van der Waals surface area contributed by atoms with Gasteiger partial charge in [0.1, 0.15) is 11.8 Å². The number of hydrogen-bond donors (Lipinski definition) is 1. The summed E-state index contributed by atoms with van der Waals surface area (Å²) in [6.45, 7) is 2.22. The Hall–Kier alpha value is -1.08. The summed E-state index contributed by atoms with van der Waals surface area (Å²) < 4.78 is 0. The van der Waals surface area contributed by atoms with E-state index in [1.165, 1.54) is 0 Å². The van der Waals surface area contributed by atoms with Gasteiger partial charge in [0.05, 0.1) is 0 Å². The van der Waals surface area contributed by atoms with Crippen molar-refractivity contribution in [1.82, 2.24) is 4.90 Å². The Morgan fingerprint density at radius 2 is 1.82 bits per heavy atom. The van der Waals surface area contributed by atoms with Gasteiger partial charge < -0.3 is 11.3 Å². The van der Waals surface area contributed by atoms with Crippen molar-refractivity contribution in [2.45, 2.75) is 51.6 Å². The molecule has 1 aromatic rings. The molecule has 1 aromatic carbocycles. The second kappa shape index (κ2) is 11.5. The molecular formula is C17H26LiNO3. The van der Waals surface area contributed by atoms with Crippen LogP contribution in [0.15, 0.2) is 30.3 Å². The third-order valence-corrected chi connectivity index (χ3v) is 3.60. The Morgan fingerprint density at radius 3 is 2.36 bits per heavy atom. The topological polar surface area (TPSA) is 57.6 Å². The standard InChI is InChI=1S/C17H25NO3.Li.H/c1-14(19)9-5-3-8-12-16(17(20)21)18(2)13-15-10-6-4-7-11-15;;/h4,6-7,10-11,16H,3,5,8-9,12-13H2,1-2H3,(H,20,21);;/q;+1;-1/t16-;;/m0../s1. The van der Waals surface area contributed by atoms with Crippen LogP contribution in [0.25, 0.3) is 0 Å². The van der Waals surface area contributed by atoms with Gasteiger partial charge in [-0.25, -0.2) is 0 Å². The molecule has 0 saturated carbocycles. The minimum atomic E-state index is -0.778. The van der Waals surface area contributed by atoms with E-state index in [0.717, 1.165) is 24.8 Å². The van der Waals surface area contributed by atoms with Crippen molar-refractivity contribution in [3.8, 4) is 0 Å². The summed E-state index contributed by atoms with van der Waals surface area (Å²) >= 11 is 0. The van der Waals surface area contributed by atoms with Crippen molar-refractivity contribution in [3.63, 3.8) is 0 Å². The van der Waals surface area contributed by atoms with E-state index in [0.29, 0.717) is 19.4 Å². The average molecular weight is 299 g/mol. The molecule has 0 saturated heterocycles. The smallest absolute Gasteiger partial charge is 1.00 e. The summed E-state index contributed by atoms with van der Waals surface area (Å²) in [7, 11) is 1.85. The molecule has 0 amide bonds. The zero-order valence-electron chi connectivity index (χ0n) is 14.9. The number of likely N-dealkylation sites (N-methyl/N-ethyl adjacent to an activating group) is 1. The van der Waals surface area contributed by atoms with Crippen LogP contribution in [0.5, 0.6) is 0 Å². The quantitative estimate of drug-likeness (QED) is 0.496. The number of nitrogens with zero attached hydrogens (tertiary/aromatic N) is 1. The van der Waals surface area contributed by atoms with Gasteiger partial charge in [-0.05, 0) is 32.4 Å². The van der Waals surface area contributed by atoms with E-state index in [9.17, 15) is 14.7 Å². The van der Waals surface area contributed by atoms with E-state index < -0.39 is 12.0 Å². The maximum Gasteiger partial charge on any atom is 1.00 e. The number of carbonyl (C=O) groups is 2. The SMILES string of the molecule is CC(=O)CCCCC[C@@H](C(=O)O)N(C)Cc1ccccc1.[H-].[Li+]. The van der Waals surface area contributed by atoms with E-state index in [1.54, 1.807) is 6.92 Å². The zero-order chi connectivity index (χ0) is 15.7. The first kappa shape index (κ1) is 20.9. The summed E-state index contributed by atoms with van der Waals surface area (Å²) in [5.74, 6) is -0.578. The number of unbranched alkanes of at least 4 members (excludes halogenated alkanes) is 2. The summed E-state index contributed by atoms with van der Waals surface area (Å²) in [5, 5.41) is 9.37. The number of carboxylic acid groups (broad SMARTS) is 1. The van der Waals surface area contributed by atoms with Crippen molar-refractivity contribution < 1.29 is 35.0 Å². The average Bonchev–Trinajstić information content (AvgIpc) is 2.42. The van der Waals surface area contributed by atoms with Gasteiger partial charge in [-0.15, -0.1) is 0 Å². The fourth-order valence-corrected chi connectivity index (χ4v) is 2.40. The number of Topliss-reactive ketones (excluding diaryl/α,β-unsaturated/α-hetero) is 1. The van der Waals surface area contributed by atoms with Gasteiger partial charge in [-0.2, -0.15) is 0 Å². The molecule has 4 nitrogen and oxygen atoms in total. The van der Waals surface area contributed by atoms with Gasteiger partial charge in [0.2, 0.25) is 0 Å². The monoisotopic (exact) mass is 299 g/mol. The first-order chi connectivity index (χ1) is 10.0. The van der Waals surface area contributed by atoms with Crippen LogP contribution >= 0.6 is 0 Å². The third-order valence-electron chi connectivity index (χ3n) is 3.60. The van der Waals surface area contributed by atoms with E-state index in [2.05, 4.69) is 0 Å². The molecule has 0 fully saturated rings. The summed E-state index contributed by atoms with van der Waals surface area (Å²) in [6, 6.07) is 9.40. The van der Waals surface area contributed by atoms with E-state index in [-0.39, 0.29) is 26.1 Å². The summed E-state index contributed by atoms with van der Waals surface area (Å²) in [6.07, 6.45) is 3.81. The van der Waals surface area contributed by atoms with Gasteiger partial charge in [-0.1, -0.05) is 43.2 Å². The van der Waals surface area contributed by atoms with Crippen molar-refractivity contribution in [1.29, 1.82) is 0 Å². The molecule has 0 radical (unpaired) electrons. The Balaban J connectivity index is 0. The number of hydrogen-bond acceptors (Lipinski definition) is 3. The van der Waals surface area contributed by atoms with Crippen LogP contribution in [-0.2, 0) is 16.1 Å². The molecule has 5 heteroatoms. The molecule has 1 N–H and O–H groups in total. The third kappa shape index (κ3) is 8.38. The van der Waals surface area contributed by atoms with Gasteiger partial charge in [0.25, 0.3) is 0 Å². The Labute approximate surface area is 146 Å². The second-order valence-corrected chi connectivity index (χ2v) is 5.56. The number of carboxylic acids is 1. The van der Waals surface area contributed by atoms with Crippen LogP contribution < -0.4 is 18.9 Å². The molecule has 0 bridgehead atoms. The van der Waals surface area contributed by atoms with Crippen LogP contribution in [0, 0.1) is 0 Å². The van der Waals surface area contributed by atoms with Crippen LogP contribution in [-0.4, -0.2) is 34.8 Å². The number of aliphatic carboxylic acids is 1. The maximum atomic E-state index is 11.4. The van der Waals surface area contributed by atoms with Crippen LogP contribution in [0.1, 0.15) is 46.0 Å². The molecule has 1 rings (SSSR count). The fraction of sp³-hybridized carbons (Fsp3) is 0.529. The zero-order valence-corrected chi connectivity index (χ0v) is 13.9. The van der Waals surface area contributed by atoms with Crippen molar-refractivity contribution in [3.05, 3.63) is 35.9 Å². The molecule has 0 aromatic heterocycles. The second-order valence-electron chi connectivity index (χ2n) is 5.56. The van der Waals surface area contributed by atoms with Gasteiger partial charge in [0.15, 0.2) is 0 Å². The van der Waals surface area contributed by atoms with Gasteiger partial charge in [-0.3, -0.25) is 9.69 Å². The molecule has 0 aliphatic carbocycles. The summed E-state index contributed by atoms with van der Waals surface area (Å²) in [5.41, 5.74) is 1.11. The first-order valence-electron chi connectivity index (χ1n) is 7.47. The summed E-state index contributed by atoms with van der Waals surface area (Å²) in [4.78, 5) is 24.1. The molecule has 118 valence electrons. The fourth-order valence-electron chi connectivity index (χ4n) is 2.40. The molecule has 22 heavy (non-hydrogen) atoms. The van der Waals surface area contributed by atoms with Gasteiger partial charge >= 0.3 is 24.8 Å². The van der Waals surface area contributed by atoms with E-state index >= 15 is 0 Å². The Morgan fingerprint density at radius 1 is 1.18 bits per heavy atom. The predicted molar refractivity (Wildman–Crippen MR) is 84.2 cm³/mol. The minimum Gasteiger partial charge on any atom is -1.00 e. The van der Waals surface area contributed by atoms with Crippen molar-refractivity contribution >= 4 is 11.8 Å². The molecule has 0 heterocycles. The molecule has 0 aliphatic rings. The number of benzene rings is 1. The Kier molecular flexibility index (Phi) is 10.9. The van der Waals surface area contributed by atoms with Crippen LogP contribution in [0.3, 0.4) is 0 Å². The first-order valence-corrected chi connectivity index (χ1v) is 7.47. The van der Waals surface area contributed by atoms with E-state index in [4.69, 9.17) is 0 Å².